The summed E-state index contributed by atoms with van der Waals surface area (Å²) in [5, 5.41) is 0.492. The SMILES string of the molecule is CC1CCN(S(=O)(=O)c2ccc(Cl)c(Br)c2)C(CN)C1. The summed E-state index contributed by atoms with van der Waals surface area (Å²) in [5.41, 5.74) is 5.75. The van der Waals surface area contributed by atoms with Crippen LogP contribution in [0.5, 0.6) is 0 Å². The van der Waals surface area contributed by atoms with E-state index in [1.807, 2.05) is 0 Å². The van der Waals surface area contributed by atoms with Crippen LogP contribution in [0.25, 0.3) is 0 Å². The fourth-order valence-electron chi connectivity index (χ4n) is 2.53. The molecule has 4 nitrogen and oxygen atoms in total. The lowest BCUT2D eigenvalue weighted by Crippen LogP contribution is -2.49. The number of rotatable bonds is 3. The molecule has 1 aliphatic rings. The summed E-state index contributed by atoms with van der Waals surface area (Å²) >= 11 is 9.18. The lowest BCUT2D eigenvalue weighted by molar-refractivity contribution is 0.211. The Balaban J connectivity index is 2.35. The second-order valence-corrected chi connectivity index (χ2v) is 8.36. The zero-order valence-electron chi connectivity index (χ0n) is 11.2. The van der Waals surface area contributed by atoms with Gasteiger partial charge in [0.15, 0.2) is 0 Å². The van der Waals surface area contributed by atoms with Crippen LogP contribution >= 0.6 is 27.5 Å². The molecule has 2 rings (SSSR count). The molecule has 0 aliphatic carbocycles. The quantitative estimate of drug-likeness (QED) is 0.875. The fraction of sp³-hybridized carbons (Fsp3) is 0.538. The summed E-state index contributed by atoms with van der Waals surface area (Å²) in [4.78, 5) is 0.252. The van der Waals surface area contributed by atoms with Crippen molar-refractivity contribution in [3.05, 3.63) is 27.7 Å². The first-order valence-corrected chi connectivity index (χ1v) is 9.14. The molecule has 112 valence electrons. The summed E-state index contributed by atoms with van der Waals surface area (Å²) in [6.45, 7) is 3.00. The fourth-order valence-corrected chi connectivity index (χ4v) is 4.87. The van der Waals surface area contributed by atoms with Crippen LogP contribution in [-0.2, 0) is 10.0 Å². The van der Waals surface area contributed by atoms with E-state index in [9.17, 15) is 8.42 Å². The minimum absolute atomic E-state index is 0.127. The van der Waals surface area contributed by atoms with Gasteiger partial charge in [-0.25, -0.2) is 8.42 Å². The summed E-state index contributed by atoms with van der Waals surface area (Å²) in [6.07, 6.45) is 1.68. The van der Waals surface area contributed by atoms with Crippen molar-refractivity contribution in [2.24, 2.45) is 11.7 Å². The van der Waals surface area contributed by atoms with Crippen molar-refractivity contribution in [2.45, 2.75) is 30.7 Å². The predicted molar refractivity (Wildman–Crippen MR) is 84.3 cm³/mol. The predicted octanol–water partition coefficient (Wildman–Crippen LogP) is 2.85. The van der Waals surface area contributed by atoms with Crippen LogP contribution in [0.2, 0.25) is 5.02 Å². The molecule has 1 saturated heterocycles. The van der Waals surface area contributed by atoms with Gasteiger partial charge in [0, 0.05) is 23.6 Å². The van der Waals surface area contributed by atoms with E-state index in [4.69, 9.17) is 17.3 Å². The summed E-state index contributed by atoms with van der Waals surface area (Å²) in [7, 11) is -3.52. The van der Waals surface area contributed by atoms with Crippen molar-refractivity contribution in [2.75, 3.05) is 13.1 Å². The molecule has 2 N–H and O–H groups in total. The number of nitrogens with zero attached hydrogens (tertiary/aromatic N) is 1. The van der Waals surface area contributed by atoms with E-state index in [1.54, 1.807) is 12.1 Å². The Morgan fingerprint density at radius 1 is 1.50 bits per heavy atom. The molecular weight excluding hydrogens is 364 g/mol. The molecule has 0 aromatic heterocycles. The highest BCUT2D eigenvalue weighted by Gasteiger charge is 2.35. The minimum atomic E-state index is -3.52. The van der Waals surface area contributed by atoms with E-state index in [1.165, 1.54) is 10.4 Å². The van der Waals surface area contributed by atoms with E-state index < -0.39 is 10.0 Å². The molecule has 2 unspecified atom stereocenters. The zero-order chi connectivity index (χ0) is 14.9. The molecular formula is C13H18BrClN2O2S. The van der Waals surface area contributed by atoms with Crippen molar-refractivity contribution < 1.29 is 8.42 Å². The first kappa shape index (κ1) is 16.2. The lowest BCUT2D eigenvalue weighted by Gasteiger charge is -2.36. The molecule has 20 heavy (non-hydrogen) atoms. The highest BCUT2D eigenvalue weighted by atomic mass is 79.9. The minimum Gasteiger partial charge on any atom is -0.329 e. The van der Waals surface area contributed by atoms with Crippen molar-refractivity contribution in [1.82, 2.24) is 4.31 Å². The molecule has 1 aromatic carbocycles. The van der Waals surface area contributed by atoms with Crippen LogP contribution in [0.3, 0.4) is 0 Å². The van der Waals surface area contributed by atoms with Crippen molar-refractivity contribution in [3.63, 3.8) is 0 Å². The van der Waals surface area contributed by atoms with Gasteiger partial charge in [0.1, 0.15) is 0 Å². The maximum absolute atomic E-state index is 12.7. The Hall–Kier alpha value is -0.140. The third-order valence-electron chi connectivity index (χ3n) is 3.69. The number of piperidine rings is 1. The van der Waals surface area contributed by atoms with Gasteiger partial charge in [-0.15, -0.1) is 0 Å². The molecule has 0 spiro atoms. The maximum atomic E-state index is 12.7. The van der Waals surface area contributed by atoms with Crippen LogP contribution in [0.1, 0.15) is 19.8 Å². The van der Waals surface area contributed by atoms with E-state index in [0.29, 0.717) is 28.5 Å². The molecule has 1 heterocycles. The van der Waals surface area contributed by atoms with Crippen molar-refractivity contribution in [1.29, 1.82) is 0 Å². The van der Waals surface area contributed by atoms with Gasteiger partial charge in [0.05, 0.1) is 9.92 Å². The van der Waals surface area contributed by atoms with Crippen LogP contribution in [0.4, 0.5) is 0 Å². The topological polar surface area (TPSA) is 63.4 Å². The highest BCUT2D eigenvalue weighted by Crippen LogP contribution is 2.31. The Bertz CT molecular complexity index is 594. The van der Waals surface area contributed by atoms with Gasteiger partial charge < -0.3 is 5.73 Å². The van der Waals surface area contributed by atoms with Gasteiger partial charge in [0.25, 0.3) is 0 Å². The van der Waals surface area contributed by atoms with Crippen LogP contribution in [0, 0.1) is 5.92 Å². The second-order valence-electron chi connectivity index (χ2n) is 5.21. The number of sulfonamides is 1. The molecule has 0 radical (unpaired) electrons. The molecule has 0 saturated carbocycles. The van der Waals surface area contributed by atoms with Gasteiger partial charge in [0.2, 0.25) is 10.0 Å². The van der Waals surface area contributed by atoms with Crippen LogP contribution in [0.15, 0.2) is 27.6 Å². The Morgan fingerprint density at radius 3 is 2.80 bits per heavy atom. The van der Waals surface area contributed by atoms with Gasteiger partial charge in [-0.3, -0.25) is 0 Å². The second kappa shape index (κ2) is 6.32. The van der Waals surface area contributed by atoms with E-state index >= 15 is 0 Å². The average molecular weight is 382 g/mol. The van der Waals surface area contributed by atoms with Crippen LogP contribution in [-0.4, -0.2) is 31.9 Å². The summed E-state index contributed by atoms with van der Waals surface area (Å²) < 4.78 is 27.6. The lowest BCUT2D eigenvalue weighted by atomic mass is 9.94. The smallest absolute Gasteiger partial charge is 0.243 e. The highest BCUT2D eigenvalue weighted by molar-refractivity contribution is 9.10. The number of benzene rings is 1. The van der Waals surface area contributed by atoms with E-state index in [0.717, 1.165) is 12.8 Å². The third-order valence-corrected chi connectivity index (χ3v) is 6.86. The molecule has 1 fully saturated rings. The number of nitrogens with two attached hydrogens (primary N) is 1. The first-order chi connectivity index (χ1) is 9.36. The molecule has 1 aromatic rings. The Morgan fingerprint density at radius 2 is 2.20 bits per heavy atom. The standard InChI is InChI=1S/C13H18BrClN2O2S/c1-9-4-5-17(10(6-9)8-16)20(18,19)11-2-3-13(15)12(14)7-11/h2-3,7,9-10H,4-6,8,16H2,1H3. The molecule has 7 heteroatoms. The monoisotopic (exact) mass is 380 g/mol. The normalized spacial score (nSPS) is 24.8. The molecule has 0 amide bonds. The number of halogens is 2. The van der Waals surface area contributed by atoms with Crippen molar-refractivity contribution >= 4 is 37.6 Å². The average Bonchev–Trinajstić information content (AvgIpc) is 2.41. The Labute approximate surface area is 133 Å². The maximum Gasteiger partial charge on any atom is 0.243 e. The van der Waals surface area contributed by atoms with Gasteiger partial charge in [-0.1, -0.05) is 18.5 Å². The third kappa shape index (κ3) is 3.20. The number of hydrogen-bond acceptors (Lipinski definition) is 3. The van der Waals surface area contributed by atoms with E-state index in [-0.39, 0.29) is 10.9 Å². The molecule has 0 bridgehead atoms. The van der Waals surface area contributed by atoms with Crippen molar-refractivity contribution in [3.8, 4) is 0 Å². The summed E-state index contributed by atoms with van der Waals surface area (Å²) in [5.74, 6) is 0.506. The first-order valence-electron chi connectivity index (χ1n) is 6.53. The van der Waals surface area contributed by atoms with Gasteiger partial charge in [-0.05, 0) is 52.9 Å². The molecule has 1 aliphatic heterocycles. The van der Waals surface area contributed by atoms with Crippen LogP contribution < -0.4 is 5.73 Å². The summed E-state index contributed by atoms with van der Waals surface area (Å²) in [6, 6.07) is 4.54. The molecule has 2 atom stereocenters. The Kier molecular flexibility index (Phi) is 5.13. The van der Waals surface area contributed by atoms with Gasteiger partial charge >= 0.3 is 0 Å². The largest absolute Gasteiger partial charge is 0.329 e. The number of hydrogen-bond donors (Lipinski definition) is 1. The zero-order valence-corrected chi connectivity index (χ0v) is 14.4. The van der Waals surface area contributed by atoms with Gasteiger partial charge in [-0.2, -0.15) is 4.31 Å². The van der Waals surface area contributed by atoms with E-state index in [2.05, 4.69) is 22.9 Å².